The molecule has 338 valence electrons. The zero-order valence-corrected chi connectivity index (χ0v) is 36.0. The predicted octanol–water partition coefficient (Wildman–Crippen LogP) is 2.35. The molecule has 0 aliphatic rings. The summed E-state index contributed by atoms with van der Waals surface area (Å²) in [6.45, 7) is -2.18. The number of phenolic OH excluding ortho intramolecular Hbond substituents is 1. The molecule has 1 amide bonds. The van der Waals surface area contributed by atoms with Gasteiger partial charge in [0.05, 0.1) is 57.8 Å². The van der Waals surface area contributed by atoms with Gasteiger partial charge in [0.25, 0.3) is 26.1 Å². The summed E-state index contributed by atoms with van der Waals surface area (Å²) in [4.78, 5) is 11.5. The van der Waals surface area contributed by atoms with E-state index in [0.717, 1.165) is 35.2 Å². The molecule has 0 spiro atoms. The molecule has 0 fully saturated rings. The Morgan fingerprint density at radius 2 is 1.18 bits per heavy atom. The molecule has 0 aromatic heterocycles. The molecule has 0 atom stereocenters. The third-order valence-electron chi connectivity index (χ3n) is 7.99. The molecule has 0 bridgehead atoms. The molecule has 0 heterocycles. The van der Waals surface area contributed by atoms with Crippen LogP contribution in [0.1, 0.15) is 10.4 Å². The van der Waals surface area contributed by atoms with Crippen molar-refractivity contribution in [1.82, 2.24) is 4.90 Å². The number of aromatic hydroxyl groups is 1. The zero-order valence-electron chi connectivity index (χ0n) is 31.1. The van der Waals surface area contributed by atoms with E-state index in [1.165, 1.54) is 25.2 Å². The third kappa shape index (κ3) is 13.4. The molecule has 4 aromatic carbocycles. The topological polar surface area (TPSA) is 420 Å². The van der Waals surface area contributed by atoms with Gasteiger partial charge in [-0.15, -0.1) is 10.2 Å². The predicted molar refractivity (Wildman–Crippen MR) is 214 cm³/mol. The van der Waals surface area contributed by atoms with Gasteiger partial charge in [0.1, 0.15) is 21.2 Å². The Labute approximate surface area is 353 Å². The highest BCUT2D eigenvalue weighted by Gasteiger charge is 2.28. The zero-order chi connectivity index (χ0) is 46.6. The smallest absolute Gasteiger partial charge is 0.397 e. The number of fused-ring (bicyclic) bond motifs is 1. The van der Waals surface area contributed by atoms with Gasteiger partial charge in [-0.3, -0.25) is 23.0 Å². The molecule has 32 heteroatoms. The average molecular weight is 989 g/mol. The van der Waals surface area contributed by atoms with Crippen LogP contribution in [0.15, 0.2) is 95.8 Å². The van der Waals surface area contributed by atoms with Crippen molar-refractivity contribution in [3.63, 3.8) is 0 Å². The van der Waals surface area contributed by atoms with Crippen molar-refractivity contribution in [2.45, 2.75) is 14.7 Å². The summed E-state index contributed by atoms with van der Waals surface area (Å²) in [5.41, 5.74) is 3.23. The van der Waals surface area contributed by atoms with E-state index in [1.807, 2.05) is 0 Å². The summed E-state index contributed by atoms with van der Waals surface area (Å²) in [6, 6.07) is 10.4. The lowest BCUT2D eigenvalue weighted by Crippen LogP contribution is -2.32. The minimum atomic E-state index is -5.32. The van der Waals surface area contributed by atoms with E-state index in [9.17, 15) is 69.5 Å². The fourth-order valence-corrected chi connectivity index (χ4v) is 9.38. The van der Waals surface area contributed by atoms with E-state index in [0.29, 0.717) is 12.1 Å². The first-order valence-corrected chi connectivity index (χ1v) is 25.5. The number of amides is 1. The molecule has 4 aromatic rings. The maximum absolute atomic E-state index is 13.1. The van der Waals surface area contributed by atoms with Crippen molar-refractivity contribution < 1.29 is 87.0 Å². The second kappa shape index (κ2) is 18.7. The standard InChI is InChI=1S/C30H32N6O20S6/c1-36(9-12-57(39,40)13-10-55-61(49,50)51)30(38)18-3-2-4-21(15-18)33-35-28-24(60(46,47)48)17-19-16-23(59(43,44)45)27(26(31)25(19)29(28)37)34-32-20-5-7-22(8-6-20)58(41,42)14-11-56-62(52,53)54/h2-8,15-17,37H,9-14,31H2,1H3,(H,43,44,45)(H,46,47,48)(H,49,50,51)(H,52,53,54)/b34-32+,35-33+. The molecular formula is C30H32N6O20S6. The Balaban J connectivity index is 1.70. The Morgan fingerprint density at radius 1 is 0.661 bits per heavy atom. The molecule has 4 rings (SSSR count). The average Bonchev–Trinajstić information content (AvgIpc) is 3.14. The monoisotopic (exact) mass is 988 g/mol. The van der Waals surface area contributed by atoms with Gasteiger partial charge in [-0.2, -0.15) is 43.9 Å². The van der Waals surface area contributed by atoms with E-state index in [1.54, 1.807) is 0 Å². The van der Waals surface area contributed by atoms with Crippen LogP contribution in [0.3, 0.4) is 0 Å². The minimum absolute atomic E-state index is 0.104. The Hall–Kier alpha value is -5.13. The third-order valence-corrected chi connectivity index (χ3v) is 13.9. The number of hydrogen-bond donors (Lipinski definition) is 6. The van der Waals surface area contributed by atoms with Crippen LogP contribution < -0.4 is 5.73 Å². The maximum Gasteiger partial charge on any atom is 0.397 e. The summed E-state index contributed by atoms with van der Waals surface area (Å²) < 4.78 is 187. The molecule has 0 aliphatic heterocycles. The molecule has 26 nitrogen and oxygen atoms in total. The first kappa shape index (κ1) is 49.5. The second-order valence-corrected chi connectivity index (χ2v) is 21.8. The molecule has 7 N–H and O–H groups in total. The summed E-state index contributed by atoms with van der Waals surface area (Å²) >= 11 is 0. The van der Waals surface area contributed by atoms with E-state index in [4.69, 9.17) is 14.8 Å². The minimum Gasteiger partial charge on any atom is -0.505 e. The highest BCUT2D eigenvalue weighted by atomic mass is 32.3. The Kier molecular flexibility index (Phi) is 14.9. The van der Waals surface area contributed by atoms with E-state index >= 15 is 0 Å². The van der Waals surface area contributed by atoms with E-state index in [2.05, 4.69) is 28.8 Å². The van der Waals surface area contributed by atoms with Gasteiger partial charge < -0.3 is 15.7 Å². The van der Waals surface area contributed by atoms with Crippen molar-refractivity contribution in [3.8, 4) is 5.75 Å². The summed E-state index contributed by atoms with van der Waals surface area (Å²) in [5, 5.41) is 25.4. The molecule has 0 saturated heterocycles. The lowest BCUT2D eigenvalue weighted by atomic mass is 10.1. The molecule has 0 radical (unpaired) electrons. The number of sulfone groups is 2. The highest BCUT2D eigenvalue weighted by molar-refractivity contribution is 7.91. The molecule has 62 heavy (non-hydrogen) atoms. The van der Waals surface area contributed by atoms with Gasteiger partial charge >= 0.3 is 20.8 Å². The Morgan fingerprint density at radius 3 is 1.73 bits per heavy atom. The number of rotatable bonds is 19. The van der Waals surface area contributed by atoms with Crippen molar-refractivity contribution in [2.24, 2.45) is 20.5 Å². The first-order chi connectivity index (χ1) is 28.4. The van der Waals surface area contributed by atoms with E-state index < -0.39 is 140 Å². The molecule has 0 unspecified atom stereocenters. The normalized spacial score (nSPS) is 13.3. The van der Waals surface area contributed by atoms with Crippen LogP contribution >= 0.6 is 0 Å². The second-order valence-electron chi connectivity index (χ2n) is 12.4. The van der Waals surface area contributed by atoms with Crippen molar-refractivity contribution in [1.29, 1.82) is 0 Å². The number of carbonyl (C=O) groups is 1. The fourth-order valence-electron chi connectivity index (χ4n) is 5.07. The number of nitrogens with two attached hydrogens (primary N) is 1. The number of carbonyl (C=O) groups excluding carboxylic acids is 1. The summed E-state index contributed by atoms with van der Waals surface area (Å²) in [7, 11) is -27.3. The van der Waals surface area contributed by atoms with Crippen LogP contribution in [-0.2, 0) is 69.1 Å². The van der Waals surface area contributed by atoms with E-state index in [-0.39, 0.29) is 28.4 Å². The largest absolute Gasteiger partial charge is 0.505 e. The lowest BCUT2D eigenvalue weighted by molar-refractivity contribution is 0.0803. The van der Waals surface area contributed by atoms with Gasteiger partial charge in [0.2, 0.25) is 0 Å². The number of nitrogens with zero attached hydrogens (tertiary/aromatic N) is 5. The molecule has 0 aliphatic carbocycles. The van der Waals surface area contributed by atoms with Crippen LogP contribution in [0.5, 0.6) is 5.75 Å². The number of anilines is 1. The van der Waals surface area contributed by atoms with Crippen molar-refractivity contribution >= 4 is 106 Å². The number of nitrogen functional groups attached to an aromatic ring is 1. The van der Waals surface area contributed by atoms with Gasteiger partial charge in [-0.1, -0.05) is 6.07 Å². The SMILES string of the molecule is CN(CCS(=O)(=O)CCOS(=O)(=O)O)C(=O)c1cccc(/N=N/c2c(S(=O)(=O)O)cc3cc(S(=O)(=O)O)c(/N=N/c4ccc(S(=O)(=O)CCOS(=O)(=O)O)cc4)c(N)c3c2O)c1. The summed E-state index contributed by atoms with van der Waals surface area (Å²) in [5.74, 6) is -4.19. The Bertz CT molecular complexity index is 3160. The number of phenols is 1. The van der Waals surface area contributed by atoms with Gasteiger partial charge in [-0.05, 0) is 60.0 Å². The maximum atomic E-state index is 13.1. The quantitative estimate of drug-likeness (QED) is 0.0446. The van der Waals surface area contributed by atoms with Crippen LogP contribution in [0, 0.1) is 0 Å². The molecular weight excluding hydrogens is 957 g/mol. The van der Waals surface area contributed by atoms with Crippen LogP contribution in [0.4, 0.5) is 28.4 Å². The molecule has 0 saturated carbocycles. The van der Waals surface area contributed by atoms with Gasteiger partial charge in [0.15, 0.2) is 25.4 Å². The van der Waals surface area contributed by atoms with Crippen LogP contribution in [-0.4, -0.2) is 129 Å². The number of azo groups is 2. The van der Waals surface area contributed by atoms with Crippen LogP contribution in [0.2, 0.25) is 0 Å². The lowest BCUT2D eigenvalue weighted by Gasteiger charge is -2.17. The van der Waals surface area contributed by atoms with Crippen molar-refractivity contribution in [3.05, 3.63) is 66.2 Å². The summed E-state index contributed by atoms with van der Waals surface area (Å²) in [6.07, 6.45) is 0. The van der Waals surface area contributed by atoms with Gasteiger partial charge in [0, 0.05) is 19.2 Å². The first-order valence-electron chi connectivity index (χ1n) is 16.4. The number of benzene rings is 4. The van der Waals surface area contributed by atoms with Crippen molar-refractivity contribution in [2.75, 3.05) is 49.8 Å². The fraction of sp³-hybridized carbons (Fsp3) is 0.233. The number of hydrogen-bond acceptors (Lipinski definition) is 21. The van der Waals surface area contributed by atoms with Crippen LogP contribution in [0.25, 0.3) is 10.8 Å². The highest BCUT2D eigenvalue weighted by Crippen LogP contribution is 2.48. The van der Waals surface area contributed by atoms with Gasteiger partial charge in [-0.25, -0.2) is 25.2 Å².